The van der Waals surface area contributed by atoms with Crippen molar-refractivity contribution in [3.63, 3.8) is 0 Å². The summed E-state index contributed by atoms with van der Waals surface area (Å²) in [6, 6.07) is 0. The summed E-state index contributed by atoms with van der Waals surface area (Å²) in [6.07, 6.45) is 0. The van der Waals surface area contributed by atoms with E-state index >= 15 is 0 Å². The summed E-state index contributed by atoms with van der Waals surface area (Å²) in [5, 5.41) is 78.0. The molecule has 0 atom stereocenters. The van der Waals surface area contributed by atoms with Gasteiger partial charge in [0, 0.05) is 113 Å². The first kappa shape index (κ1) is 169. The van der Waals surface area contributed by atoms with Crippen LogP contribution in [0.15, 0.2) is 0 Å². The predicted octanol–water partition coefficient (Wildman–Crippen LogP) is -4.09. The summed E-state index contributed by atoms with van der Waals surface area (Å²) in [5.74, 6) is 0. The van der Waals surface area contributed by atoms with Crippen molar-refractivity contribution in [1.82, 2.24) is 0 Å². The SMILES string of the molecule is C#N.C#N.C#N.C#N.C#N.C#N.C#N.C#N.C#N.C#N.C#N.C#N.[Fe].[Fe].[H-].[H-].[K+].[Na+]. The van der Waals surface area contributed by atoms with Crippen LogP contribution in [0.2, 0.25) is 0 Å². The van der Waals surface area contributed by atoms with E-state index in [-0.39, 0.29) is 118 Å². The van der Waals surface area contributed by atoms with Gasteiger partial charge >= 0.3 is 80.9 Å². The minimum Gasteiger partial charge on any atom is -1.00 e. The van der Waals surface area contributed by atoms with Crippen LogP contribution < -0.4 is 80.9 Å². The van der Waals surface area contributed by atoms with Crippen molar-refractivity contribution in [2.75, 3.05) is 0 Å². The van der Waals surface area contributed by atoms with Crippen molar-refractivity contribution in [3.05, 3.63) is 0 Å². The van der Waals surface area contributed by atoms with Crippen LogP contribution in [0.1, 0.15) is 2.85 Å². The molecule has 0 N–H and O–H groups in total. The third-order valence-corrected chi connectivity index (χ3v) is 0. The Hall–Kier alpha value is -2.44. The smallest absolute Gasteiger partial charge is 1.00 e. The summed E-state index contributed by atoms with van der Waals surface area (Å²) in [4.78, 5) is 0. The van der Waals surface area contributed by atoms with Crippen LogP contribution in [0.4, 0.5) is 0 Å². The zero-order valence-corrected chi connectivity index (χ0v) is 22.3. The second-order valence-electron chi connectivity index (χ2n) is 0. The molecule has 0 saturated carbocycles. The van der Waals surface area contributed by atoms with Gasteiger partial charge in [0.05, 0.1) is 0 Å². The van der Waals surface area contributed by atoms with Crippen molar-refractivity contribution < 1.29 is 118 Å². The van der Waals surface area contributed by atoms with Crippen molar-refractivity contribution >= 4 is 0 Å². The Morgan fingerprint density at radius 1 is 0.250 bits per heavy atom. The third kappa shape index (κ3) is 2010. The molecular weight excluding hydrogens is 486 g/mol. The van der Waals surface area contributed by atoms with Crippen molar-refractivity contribution in [1.29, 1.82) is 63.1 Å². The zero-order chi connectivity index (χ0) is 24.0. The van der Waals surface area contributed by atoms with Gasteiger partial charge < -0.3 is 2.85 Å². The van der Waals surface area contributed by atoms with E-state index < -0.39 is 0 Å². The molecule has 0 rings (SSSR count). The number of rotatable bonds is 0. The summed E-state index contributed by atoms with van der Waals surface area (Å²) < 4.78 is 0. The van der Waals surface area contributed by atoms with Crippen LogP contribution in [0.5, 0.6) is 0 Å². The summed E-state index contributed by atoms with van der Waals surface area (Å²) in [6.45, 7) is 42.0. The normalized spacial score (nSPS) is 0.857. The Bertz CT molecular complexity index is 243. The monoisotopic (exact) mass is 500 g/mol. The maximum absolute atomic E-state index is 6.50. The van der Waals surface area contributed by atoms with Gasteiger partial charge in [-0.25, -0.2) is 63.1 Å². The number of nitriles is 12. The molecule has 0 spiro atoms. The van der Waals surface area contributed by atoms with E-state index in [2.05, 4.69) is 78.9 Å². The topological polar surface area (TPSA) is 285 Å². The summed E-state index contributed by atoms with van der Waals surface area (Å²) in [5.41, 5.74) is 0. The van der Waals surface area contributed by atoms with Crippen LogP contribution in [0.3, 0.4) is 0 Å². The molecule has 0 unspecified atom stereocenters. The molecule has 28 heavy (non-hydrogen) atoms. The molecule has 0 amide bonds. The van der Waals surface area contributed by atoms with Gasteiger partial charge in [-0.1, -0.05) is 0 Å². The van der Waals surface area contributed by atoms with Gasteiger partial charge in [-0.05, 0) is 0 Å². The van der Waals surface area contributed by atoms with E-state index in [1.54, 1.807) is 0 Å². The molecule has 0 aliphatic rings. The molecule has 0 radical (unpaired) electrons. The van der Waals surface area contributed by atoms with Crippen molar-refractivity contribution in [2.24, 2.45) is 0 Å². The Kier molecular flexibility index (Phi) is 13700. The number of hydrogen-bond acceptors (Lipinski definition) is 12. The third-order valence-electron chi connectivity index (χ3n) is 0. The van der Waals surface area contributed by atoms with E-state index in [1.807, 2.05) is 0 Å². The van der Waals surface area contributed by atoms with Gasteiger partial charge in [0.25, 0.3) is 0 Å². The van der Waals surface area contributed by atoms with E-state index in [0.717, 1.165) is 0 Å². The van der Waals surface area contributed by atoms with Crippen molar-refractivity contribution in [2.45, 2.75) is 0 Å². The van der Waals surface area contributed by atoms with Gasteiger partial charge in [-0.15, -0.1) is 0 Å². The standard InChI is InChI=1S/12CHN.2Fe.K.Na.2H/c12*1-2;;;;;;/h12*1H;;;;;;/q;;;;;;;;;;;;;;2*+1;2*-1. The molecule has 0 saturated heterocycles. The second-order valence-corrected chi connectivity index (χ2v) is 0. The maximum atomic E-state index is 6.50. The molecule has 0 aromatic carbocycles. The van der Waals surface area contributed by atoms with Gasteiger partial charge in [0.2, 0.25) is 0 Å². The van der Waals surface area contributed by atoms with Gasteiger partial charge in [0.15, 0.2) is 0 Å². The molecule has 0 heterocycles. The van der Waals surface area contributed by atoms with Crippen LogP contribution in [0, 0.1) is 142 Å². The summed E-state index contributed by atoms with van der Waals surface area (Å²) >= 11 is 0. The van der Waals surface area contributed by atoms with E-state index in [4.69, 9.17) is 63.1 Å². The first-order valence-electron chi connectivity index (χ1n) is 3.10. The second kappa shape index (κ2) is 2280. The van der Waals surface area contributed by atoms with Crippen LogP contribution in [-0.2, 0) is 34.1 Å². The molecule has 12 nitrogen and oxygen atoms in total. The molecular formula is C12H14Fe2KN12Na. The predicted molar refractivity (Wildman–Crippen MR) is 82.3 cm³/mol. The Morgan fingerprint density at radius 3 is 0.250 bits per heavy atom. The largest absolute Gasteiger partial charge is 1.00 e. The Morgan fingerprint density at radius 2 is 0.250 bits per heavy atom. The minimum atomic E-state index is 0. The molecule has 16 heteroatoms. The van der Waals surface area contributed by atoms with E-state index in [1.165, 1.54) is 0 Å². The first-order chi connectivity index (χ1) is 12.0. The van der Waals surface area contributed by atoms with E-state index in [0.29, 0.717) is 0 Å². The molecule has 0 aliphatic heterocycles. The molecule has 140 valence electrons. The first-order valence-corrected chi connectivity index (χ1v) is 3.10. The van der Waals surface area contributed by atoms with Crippen molar-refractivity contribution in [3.8, 4) is 78.9 Å². The molecule has 0 aliphatic carbocycles. The Labute approximate surface area is 256 Å². The molecule has 0 bridgehead atoms. The van der Waals surface area contributed by atoms with Crippen LogP contribution in [-0.4, -0.2) is 0 Å². The van der Waals surface area contributed by atoms with Gasteiger partial charge in [-0.3, -0.25) is 0 Å². The van der Waals surface area contributed by atoms with Crippen LogP contribution >= 0.6 is 0 Å². The van der Waals surface area contributed by atoms with Crippen LogP contribution in [0.25, 0.3) is 0 Å². The van der Waals surface area contributed by atoms with E-state index in [9.17, 15) is 0 Å². The van der Waals surface area contributed by atoms with Gasteiger partial charge in [0.1, 0.15) is 0 Å². The fraction of sp³-hybridized carbons (Fsp3) is 0. The minimum absolute atomic E-state index is 0. The quantitative estimate of drug-likeness (QED) is 0.287. The fourth-order valence-electron chi connectivity index (χ4n) is 0. The molecule has 0 fully saturated rings. The Balaban J connectivity index is -0.00000000321. The fourth-order valence-corrected chi connectivity index (χ4v) is 0. The average molecular weight is 500 g/mol. The molecule has 0 aromatic heterocycles. The maximum Gasteiger partial charge on any atom is 1.00 e. The van der Waals surface area contributed by atoms with Gasteiger partial charge in [-0.2, -0.15) is 0 Å². The summed E-state index contributed by atoms with van der Waals surface area (Å²) in [7, 11) is 0. The number of hydrogen-bond donors (Lipinski definition) is 0. The zero-order valence-electron chi connectivity index (χ0n) is 17.0. The number of nitrogens with zero attached hydrogens (tertiary/aromatic N) is 12. The average Bonchev–Trinajstić information content (AvgIpc) is 2.84. The molecule has 0 aromatic rings.